The van der Waals surface area contributed by atoms with Crippen LogP contribution in [0.2, 0.25) is 0 Å². The second-order valence-electron chi connectivity index (χ2n) is 4.45. The molecule has 1 aromatic heterocycles. The molecule has 1 heterocycles. The van der Waals surface area contributed by atoms with Gasteiger partial charge in [0.1, 0.15) is 24.2 Å². The first-order chi connectivity index (χ1) is 10.2. The number of methoxy groups -OCH3 is 1. The van der Waals surface area contributed by atoms with Crippen LogP contribution >= 0.6 is 11.3 Å². The minimum atomic E-state index is -0.637. The Labute approximate surface area is 126 Å². The second kappa shape index (κ2) is 7.82. The van der Waals surface area contributed by atoms with Crippen molar-refractivity contribution in [3.63, 3.8) is 0 Å². The number of rotatable bonds is 8. The number of aromatic nitrogens is 1. The molecule has 0 aliphatic rings. The van der Waals surface area contributed by atoms with Gasteiger partial charge in [-0.1, -0.05) is 17.4 Å². The summed E-state index contributed by atoms with van der Waals surface area (Å²) in [7, 11) is 1.59. The largest absolute Gasteiger partial charge is 0.497 e. The van der Waals surface area contributed by atoms with Crippen molar-refractivity contribution in [1.82, 2.24) is 10.3 Å². The first kappa shape index (κ1) is 15.6. The van der Waals surface area contributed by atoms with E-state index in [2.05, 4.69) is 10.3 Å². The van der Waals surface area contributed by atoms with E-state index >= 15 is 0 Å². The summed E-state index contributed by atoms with van der Waals surface area (Å²) in [6.07, 6.45) is -0.637. The Bertz CT molecular complexity index is 611. The molecule has 1 atom stereocenters. The maximum atomic E-state index is 11.0. The third-order valence-electron chi connectivity index (χ3n) is 2.75. The maximum absolute atomic E-state index is 11.0. The highest BCUT2D eigenvalue weighted by atomic mass is 32.1. The van der Waals surface area contributed by atoms with Crippen molar-refractivity contribution in [2.45, 2.75) is 12.6 Å². The highest BCUT2D eigenvalue weighted by molar-refractivity contribution is 7.07. The lowest BCUT2D eigenvalue weighted by atomic mass is 10.3. The molecule has 0 radical (unpaired) electrons. The molecule has 2 aromatic rings. The zero-order valence-electron chi connectivity index (χ0n) is 11.7. The summed E-state index contributed by atoms with van der Waals surface area (Å²) in [6, 6.07) is 7.22. The lowest BCUT2D eigenvalue weighted by Crippen LogP contribution is -2.31. The minimum absolute atomic E-state index is 0.0753. The van der Waals surface area contributed by atoms with Crippen molar-refractivity contribution in [2.24, 2.45) is 0 Å². The second-order valence-corrected chi connectivity index (χ2v) is 5.29. The molecule has 0 spiro atoms. The summed E-state index contributed by atoms with van der Waals surface area (Å²) < 4.78 is 10.6. The summed E-state index contributed by atoms with van der Waals surface area (Å²) >= 11 is 1.12. The van der Waals surface area contributed by atoms with Crippen molar-refractivity contribution in [3.05, 3.63) is 45.0 Å². The lowest BCUT2D eigenvalue weighted by Gasteiger charge is -2.13. The Balaban J connectivity index is 1.69. The number of nitrogens with one attached hydrogen (secondary N) is 2. The summed E-state index contributed by atoms with van der Waals surface area (Å²) in [6.45, 7) is 1.07. The van der Waals surface area contributed by atoms with E-state index in [1.165, 1.54) is 0 Å². The predicted molar refractivity (Wildman–Crippen MR) is 81.1 cm³/mol. The van der Waals surface area contributed by atoms with Crippen LogP contribution in [-0.4, -0.2) is 36.5 Å². The van der Waals surface area contributed by atoms with E-state index < -0.39 is 6.10 Å². The third-order valence-corrected chi connectivity index (χ3v) is 3.47. The first-order valence-corrected chi connectivity index (χ1v) is 7.37. The average molecular weight is 310 g/mol. The molecule has 0 saturated carbocycles. The summed E-state index contributed by atoms with van der Waals surface area (Å²) in [4.78, 5) is 13.6. The third kappa shape index (κ3) is 5.22. The molecule has 6 nitrogen and oxygen atoms in total. The van der Waals surface area contributed by atoms with Gasteiger partial charge in [0.05, 0.1) is 7.11 Å². The number of aromatic amines is 1. The number of H-pyrrole nitrogens is 1. The van der Waals surface area contributed by atoms with Gasteiger partial charge >= 0.3 is 4.87 Å². The highest BCUT2D eigenvalue weighted by Gasteiger charge is 2.06. The Morgan fingerprint density at radius 2 is 2.24 bits per heavy atom. The molecule has 114 valence electrons. The quantitative estimate of drug-likeness (QED) is 0.677. The molecule has 0 bridgehead atoms. The number of ether oxygens (including phenoxy) is 2. The van der Waals surface area contributed by atoms with Gasteiger partial charge < -0.3 is 24.9 Å². The fourth-order valence-corrected chi connectivity index (χ4v) is 2.30. The Kier molecular flexibility index (Phi) is 5.79. The zero-order valence-corrected chi connectivity index (χ0v) is 12.5. The van der Waals surface area contributed by atoms with Crippen LogP contribution in [0, 0.1) is 0 Å². The Morgan fingerprint density at radius 1 is 1.43 bits per heavy atom. The number of benzene rings is 1. The van der Waals surface area contributed by atoms with Gasteiger partial charge in [0, 0.05) is 30.2 Å². The number of thiazole rings is 1. The van der Waals surface area contributed by atoms with Crippen molar-refractivity contribution < 1.29 is 14.6 Å². The summed E-state index contributed by atoms with van der Waals surface area (Å²) in [5, 5.41) is 14.6. The van der Waals surface area contributed by atoms with Crippen LogP contribution in [0.1, 0.15) is 5.69 Å². The van der Waals surface area contributed by atoms with Crippen molar-refractivity contribution in [3.8, 4) is 11.5 Å². The molecule has 2 rings (SSSR count). The molecule has 0 aliphatic carbocycles. The number of hydrogen-bond acceptors (Lipinski definition) is 6. The number of hydrogen-bond donors (Lipinski definition) is 3. The van der Waals surface area contributed by atoms with E-state index in [9.17, 15) is 9.90 Å². The minimum Gasteiger partial charge on any atom is -0.497 e. The molecule has 1 aromatic carbocycles. The number of aliphatic hydroxyl groups is 1. The first-order valence-electron chi connectivity index (χ1n) is 6.49. The van der Waals surface area contributed by atoms with E-state index in [1.54, 1.807) is 24.6 Å². The monoisotopic (exact) mass is 310 g/mol. The summed E-state index contributed by atoms with van der Waals surface area (Å²) in [5.74, 6) is 1.36. The van der Waals surface area contributed by atoms with Crippen LogP contribution in [-0.2, 0) is 6.54 Å². The standard InChI is InChI=1S/C14H18N2O4S/c1-19-12-3-2-4-13(5-12)20-8-11(17)7-15-6-10-9-21-14(18)16-10/h2-5,9,11,15,17H,6-8H2,1H3,(H,16,18). The van der Waals surface area contributed by atoms with Gasteiger partial charge in [-0.15, -0.1) is 0 Å². The normalized spacial score (nSPS) is 12.1. The van der Waals surface area contributed by atoms with Gasteiger partial charge in [0.15, 0.2) is 0 Å². The molecule has 3 N–H and O–H groups in total. The van der Waals surface area contributed by atoms with Gasteiger partial charge in [-0.05, 0) is 12.1 Å². The molecular weight excluding hydrogens is 292 g/mol. The van der Waals surface area contributed by atoms with Gasteiger partial charge in [-0.25, -0.2) is 0 Å². The molecule has 0 amide bonds. The van der Waals surface area contributed by atoms with Gasteiger partial charge in [-0.2, -0.15) is 0 Å². The Morgan fingerprint density at radius 3 is 2.95 bits per heavy atom. The molecule has 0 fully saturated rings. The average Bonchev–Trinajstić information content (AvgIpc) is 2.91. The fraction of sp³-hybridized carbons (Fsp3) is 0.357. The van der Waals surface area contributed by atoms with E-state index in [0.717, 1.165) is 17.0 Å². The zero-order chi connectivity index (χ0) is 15.1. The molecule has 0 aliphatic heterocycles. The Hall–Kier alpha value is -1.83. The van der Waals surface area contributed by atoms with Crippen molar-refractivity contribution >= 4 is 11.3 Å². The van der Waals surface area contributed by atoms with Crippen molar-refractivity contribution in [2.75, 3.05) is 20.3 Å². The van der Waals surface area contributed by atoms with Crippen LogP contribution in [0.4, 0.5) is 0 Å². The molecular formula is C14H18N2O4S. The predicted octanol–water partition coefficient (Wildman–Crippen LogP) is 0.974. The number of aliphatic hydroxyl groups excluding tert-OH is 1. The van der Waals surface area contributed by atoms with Gasteiger partial charge in [-0.3, -0.25) is 4.79 Å². The van der Waals surface area contributed by atoms with E-state index in [1.807, 2.05) is 12.1 Å². The van der Waals surface area contributed by atoms with Gasteiger partial charge in [0.25, 0.3) is 0 Å². The smallest absolute Gasteiger partial charge is 0.304 e. The molecule has 7 heteroatoms. The highest BCUT2D eigenvalue weighted by Crippen LogP contribution is 2.18. The summed E-state index contributed by atoms with van der Waals surface area (Å²) in [5.41, 5.74) is 0.811. The maximum Gasteiger partial charge on any atom is 0.304 e. The van der Waals surface area contributed by atoms with Crippen molar-refractivity contribution in [1.29, 1.82) is 0 Å². The van der Waals surface area contributed by atoms with Gasteiger partial charge in [0.2, 0.25) is 0 Å². The fourth-order valence-electron chi connectivity index (χ4n) is 1.72. The van der Waals surface area contributed by atoms with Crippen LogP contribution in [0.3, 0.4) is 0 Å². The molecule has 1 unspecified atom stereocenters. The van der Waals surface area contributed by atoms with Crippen LogP contribution < -0.4 is 19.7 Å². The van der Waals surface area contributed by atoms with E-state index in [0.29, 0.717) is 24.6 Å². The SMILES string of the molecule is COc1cccc(OCC(O)CNCc2csc(=O)[nH]2)c1. The van der Waals surface area contributed by atoms with E-state index in [-0.39, 0.29) is 11.5 Å². The van der Waals surface area contributed by atoms with Crippen LogP contribution in [0.15, 0.2) is 34.4 Å². The molecule has 0 saturated heterocycles. The van der Waals surface area contributed by atoms with Crippen LogP contribution in [0.5, 0.6) is 11.5 Å². The topological polar surface area (TPSA) is 83.6 Å². The molecule has 21 heavy (non-hydrogen) atoms. The lowest BCUT2D eigenvalue weighted by molar-refractivity contribution is 0.106. The van der Waals surface area contributed by atoms with E-state index in [4.69, 9.17) is 9.47 Å². The van der Waals surface area contributed by atoms with Crippen LogP contribution in [0.25, 0.3) is 0 Å².